The third-order valence-corrected chi connectivity index (χ3v) is 5.26. The van der Waals surface area contributed by atoms with Crippen LogP contribution in [-0.2, 0) is 6.54 Å². The zero-order chi connectivity index (χ0) is 18.0. The zero-order valence-corrected chi connectivity index (χ0v) is 18.8. The largest absolute Gasteiger partial charge is 0.356 e. The summed E-state index contributed by atoms with van der Waals surface area (Å²) in [6.45, 7) is 6.93. The molecule has 0 amide bonds. The minimum atomic E-state index is 0. The number of halogens is 1. The molecule has 0 spiro atoms. The molecule has 0 unspecified atom stereocenters. The molecule has 27 heavy (non-hydrogen) atoms. The van der Waals surface area contributed by atoms with Crippen LogP contribution in [0.25, 0.3) is 0 Å². The molecule has 9 heteroatoms. The van der Waals surface area contributed by atoms with Crippen LogP contribution in [-0.4, -0.2) is 67.1 Å². The molecule has 0 bridgehead atoms. The van der Waals surface area contributed by atoms with Gasteiger partial charge < -0.3 is 15.5 Å². The smallest absolute Gasteiger partial charge is 0.225 e. The van der Waals surface area contributed by atoms with Gasteiger partial charge in [-0.2, -0.15) is 0 Å². The van der Waals surface area contributed by atoms with Gasteiger partial charge in [0, 0.05) is 57.0 Å². The molecule has 0 aromatic carbocycles. The van der Waals surface area contributed by atoms with Crippen LogP contribution in [0.5, 0.6) is 0 Å². The maximum atomic E-state index is 4.33. The van der Waals surface area contributed by atoms with Crippen molar-refractivity contribution in [2.45, 2.75) is 13.0 Å². The number of anilines is 1. The van der Waals surface area contributed by atoms with Crippen molar-refractivity contribution in [1.29, 1.82) is 0 Å². The van der Waals surface area contributed by atoms with Crippen molar-refractivity contribution in [2.75, 3.05) is 51.2 Å². The van der Waals surface area contributed by atoms with Crippen molar-refractivity contribution in [3.8, 4) is 0 Å². The number of thiophene rings is 1. The Morgan fingerprint density at radius 2 is 1.93 bits per heavy atom. The van der Waals surface area contributed by atoms with Crippen molar-refractivity contribution in [3.05, 3.63) is 40.8 Å². The van der Waals surface area contributed by atoms with Crippen LogP contribution in [0, 0.1) is 0 Å². The molecule has 2 N–H and O–H groups in total. The second kappa shape index (κ2) is 12.1. The topological polar surface area (TPSA) is 68.7 Å². The highest BCUT2D eigenvalue weighted by Gasteiger charge is 2.18. The number of guanidine groups is 1. The summed E-state index contributed by atoms with van der Waals surface area (Å²) in [5.41, 5.74) is 0. The Bertz CT molecular complexity index is 658. The summed E-state index contributed by atoms with van der Waals surface area (Å²) in [6, 6.07) is 6.06. The van der Waals surface area contributed by atoms with E-state index in [9.17, 15) is 0 Å². The summed E-state index contributed by atoms with van der Waals surface area (Å²) in [4.78, 5) is 19.0. The summed E-state index contributed by atoms with van der Waals surface area (Å²) in [5.74, 6) is 1.71. The maximum Gasteiger partial charge on any atom is 0.225 e. The Kier molecular flexibility index (Phi) is 9.78. The monoisotopic (exact) mass is 501 g/mol. The lowest BCUT2D eigenvalue weighted by Gasteiger charge is -2.34. The molecular formula is C18H28IN7S. The lowest BCUT2D eigenvalue weighted by molar-refractivity contribution is 0.254. The van der Waals surface area contributed by atoms with Gasteiger partial charge in [0.25, 0.3) is 0 Å². The van der Waals surface area contributed by atoms with E-state index in [0.29, 0.717) is 0 Å². The highest BCUT2D eigenvalue weighted by Crippen LogP contribution is 2.09. The standard InChI is InChI=1S/C18H27N7S.HI/c1-19-17(23-15-16-5-2-14-26-16)20-8-4-9-24-10-12-25(13-11-24)18-21-6-3-7-22-18;/h2-3,5-7,14H,4,8-13,15H2,1H3,(H2,19,20,23);1H. The molecule has 1 fully saturated rings. The second-order valence-electron chi connectivity index (χ2n) is 6.16. The molecule has 2 aromatic heterocycles. The Labute approximate surface area is 182 Å². The minimum absolute atomic E-state index is 0. The summed E-state index contributed by atoms with van der Waals surface area (Å²) >= 11 is 1.76. The van der Waals surface area contributed by atoms with Crippen LogP contribution in [0.15, 0.2) is 41.0 Å². The predicted molar refractivity (Wildman–Crippen MR) is 123 cm³/mol. The Morgan fingerprint density at radius 3 is 2.59 bits per heavy atom. The van der Waals surface area contributed by atoms with Crippen LogP contribution in [0.4, 0.5) is 5.95 Å². The van der Waals surface area contributed by atoms with Gasteiger partial charge in [0.2, 0.25) is 5.95 Å². The van der Waals surface area contributed by atoms with E-state index in [1.807, 2.05) is 13.1 Å². The molecular weight excluding hydrogens is 473 g/mol. The first kappa shape index (κ1) is 21.8. The molecule has 0 saturated carbocycles. The lowest BCUT2D eigenvalue weighted by Crippen LogP contribution is -2.47. The van der Waals surface area contributed by atoms with E-state index in [-0.39, 0.29) is 24.0 Å². The highest BCUT2D eigenvalue weighted by molar-refractivity contribution is 14.0. The fourth-order valence-electron chi connectivity index (χ4n) is 2.94. The van der Waals surface area contributed by atoms with Crippen LogP contribution < -0.4 is 15.5 Å². The van der Waals surface area contributed by atoms with Gasteiger partial charge in [0.15, 0.2) is 5.96 Å². The summed E-state index contributed by atoms with van der Waals surface area (Å²) in [5, 5.41) is 8.84. The molecule has 0 aliphatic carbocycles. The van der Waals surface area contributed by atoms with E-state index in [1.54, 1.807) is 23.7 Å². The van der Waals surface area contributed by atoms with Gasteiger partial charge in [-0.25, -0.2) is 9.97 Å². The summed E-state index contributed by atoms with van der Waals surface area (Å²) < 4.78 is 0. The number of nitrogens with one attached hydrogen (secondary N) is 2. The van der Waals surface area contributed by atoms with Gasteiger partial charge in [-0.3, -0.25) is 9.89 Å². The number of rotatable bonds is 7. The maximum absolute atomic E-state index is 4.33. The minimum Gasteiger partial charge on any atom is -0.356 e. The fraction of sp³-hybridized carbons (Fsp3) is 0.500. The van der Waals surface area contributed by atoms with Gasteiger partial charge in [-0.1, -0.05) is 6.07 Å². The molecule has 1 aliphatic heterocycles. The summed E-state index contributed by atoms with van der Waals surface area (Å²) in [6.07, 6.45) is 4.71. The number of aliphatic imine (C=N–C) groups is 1. The van der Waals surface area contributed by atoms with E-state index in [0.717, 1.165) is 64.1 Å². The fourth-order valence-corrected chi connectivity index (χ4v) is 3.58. The number of hydrogen-bond acceptors (Lipinski definition) is 6. The van der Waals surface area contributed by atoms with Crippen molar-refractivity contribution in [3.63, 3.8) is 0 Å². The average molecular weight is 501 g/mol. The van der Waals surface area contributed by atoms with Crippen LogP contribution in [0.1, 0.15) is 11.3 Å². The molecule has 1 aliphatic rings. The average Bonchev–Trinajstić information content (AvgIpc) is 3.22. The molecule has 3 rings (SSSR count). The quantitative estimate of drug-likeness (QED) is 0.262. The Balaban J connectivity index is 0.00000261. The van der Waals surface area contributed by atoms with Gasteiger partial charge in [-0.15, -0.1) is 35.3 Å². The Hall–Kier alpha value is -1.46. The molecule has 3 heterocycles. The molecule has 0 atom stereocenters. The molecule has 0 radical (unpaired) electrons. The molecule has 7 nitrogen and oxygen atoms in total. The lowest BCUT2D eigenvalue weighted by atomic mass is 10.3. The predicted octanol–water partition coefficient (Wildman–Crippen LogP) is 2.03. The van der Waals surface area contributed by atoms with E-state index >= 15 is 0 Å². The number of nitrogens with zero attached hydrogens (tertiary/aromatic N) is 5. The summed E-state index contributed by atoms with van der Waals surface area (Å²) in [7, 11) is 1.81. The normalized spacial score (nSPS) is 15.3. The van der Waals surface area contributed by atoms with Crippen molar-refractivity contribution < 1.29 is 0 Å². The van der Waals surface area contributed by atoms with Crippen molar-refractivity contribution in [1.82, 2.24) is 25.5 Å². The zero-order valence-electron chi connectivity index (χ0n) is 15.7. The first-order valence-corrected chi connectivity index (χ1v) is 9.94. The van der Waals surface area contributed by atoms with Crippen molar-refractivity contribution >= 4 is 47.2 Å². The van der Waals surface area contributed by atoms with E-state index in [2.05, 4.69) is 52.9 Å². The van der Waals surface area contributed by atoms with Gasteiger partial charge >= 0.3 is 0 Å². The van der Waals surface area contributed by atoms with E-state index < -0.39 is 0 Å². The van der Waals surface area contributed by atoms with Crippen LogP contribution >= 0.6 is 35.3 Å². The molecule has 1 saturated heterocycles. The second-order valence-corrected chi connectivity index (χ2v) is 7.20. The van der Waals surface area contributed by atoms with E-state index in [4.69, 9.17) is 0 Å². The van der Waals surface area contributed by atoms with Gasteiger partial charge in [-0.05, 0) is 30.5 Å². The van der Waals surface area contributed by atoms with E-state index in [1.165, 1.54) is 4.88 Å². The van der Waals surface area contributed by atoms with Crippen LogP contribution in [0.2, 0.25) is 0 Å². The first-order valence-electron chi connectivity index (χ1n) is 9.06. The number of hydrogen-bond donors (Lipinski definition) is 2. The molecule has 2 aromatic rings. The molecule has 148 valence electrons. The first-order chi connectivity index (χ1) is 12.8. The van der Waals surface area contributed by atoms with Gasteiger partial charge in [0.05, 0.1) is 6.54 Å². The van der Waals surface area contributed by atoms with Crippen molar-refractivity contribution in [2.24, 2.45) is 4.99 Å². The van der Waals surface area contributed by atoms with Crippen LogP contribution in [0.3, 0.4) is 0 Å². The third kappa shape index (κ3) is 7.23. The third-order valence-electron chi connectivity index (χ3n) is 4.38. The highest BCUT2D eigenvalue weighted by atomic mass is 127. The Morgan fingerprint density at radius 1 is 1.15 bits per heavy atom. The van der Waals surface area contributed by atoms with Gasteiger partial charge in [0.1, 0.15) is 0 Å². The number of piperazine rings is 1. The number of aromatic nitrogens is 2. The SMILES string of the molecule is CN=C(NCCCN1CCN(c2ncccn2)CC1)NCc1cccs1.I.